The Balaban J connectivity index is 0.000000561. The lowest BCUT2D eigenvalue weighted by Crippen LogP contribution is -2.36. The van der Waals surface area contributed by atoms with E-state index in [1.807, 2.05) is 38.8 Å². The van der Waals surface area contributed by atoms with Gasteiger partial charge in [0.2, 0.25) is 0 Å². The highest BCUT2D eigenvalue weighted by Crippen LogP contribution is 2.13. The first-order valence-electron chi connectivity index (χ1n) is 4.26. The van der Waals surface area contributed by atoms with Crippen LogP contribution in [-0.4, -0.2) is 35.1 Å². The molecule has 0 bridgehead atoms. The van der Waals surface area contributed by atoms with Gasteiger partial charge in [-0.05, 0) is 14.0 Å². The molecular weight excluding hydrogens is 154 g/mol. The van der Waals surface area contributed by atoms with Gasteiger partial charge in [0.1, 0.15) is 6.04 Å². The smallest absolute Gasteiger partial charge is 0.324 e. The van der Waals surface area contributed by atoms with Crippen LogP contribution in [0.15, 0.2) is 12.2 Å². The van der Waals surface area contributed by atoms with E-state index in [1.54, 1.807) is 6.08 Å². The minimum Gasteiger partial charge on any atom is -0.480 e. The van der Waals surface area contributed by atoms with Crippen LogP contribution in [0.25, 0.3) is 0 Å². The van der Waals surface area contributed by atoms with E-state index < -0.39 is 12.0 Å². The second-order valence-corrected chi connectivity index (χ2v) is 2.57. The molecule has 70 valence electrons. The summed E-state index contributed by atoms with van der Waals surface area (Å²) in [4.78, 5) is 12.3. The summed E-state index contributed by atoms with van der Waals surface area (Å²) in [5, 5.41) is 8.61. The summed E-state index contributed by atoms with van der Waals surface area (Å²) in [5.74, 6) is -0.775. The number of aliphatic carboxylic acids is 1. The standard InChI is InChI=1S/C7H11NO2.C2H6/c1-5-3-4-6(7(9)10)8(5)2;1-2/h3-6H,1-2H3,(H,9,10);1-2H3. The second-order valence-electron chi connectivity index (χ2n) is 2.57. The van der Waals surface area contributed by atoms with Gasteiger partial charge in [0.05, 0.1) is 0 Å². The minimum atomic E-state index is -0.775. The third-order valence-corrected chi connectivity index (χ3v) is 1.91. The van der Waals surface area contributed by atoms with Gasteiger partial charge in [-0.25, -0.2) is 0 Å². The molecule has 1 aliphatic rings. The summed E-state index contributed by atoms with van der Waals surface area (Å²) in [6, 6.07) is -0.170. The van der Waals surface area contributed by atoms with E-state index in [0.717, 1.165) is 0 Å². The maximum atomic E-state index is 10.5. The van der Waals surface area contributed by atoms with E-state index in [-0.39, 0.29) is 6.04 Å². The van der Waals surface area contributed by atoms with E-state index in [4.69, 9.17) is 5.11 Å². The number of carbonyl (C=O) groups is 1. The molecule has 0 aromatic rings. The lowest BCUT2D eigenvalue weighted by atomic mass is 10.3. The van der Waals surface area contributed by atoms with Crippen molar-refractivity contribution in [2.24, 2.45) is 0 Å². The molecule has 1 heterocycles. The number of rotatable bonds is 1. The first-order chi connectivity index (χ1) is 5.63. The van der Waals surface area contributed by atoms with Crippen molar-refractivity contribution in [2.75, 3.05) is 7.05 Å². The largest absolute Gasteiger partial charge is 0.480 e. The molecule has 1 rings (SSSR count). The third kappa shape index (κ3) is 2.34. The zero-order chi connectivity index (χ0) is 9.72. The van der Waals surface area contributed by atoms with Crippen molar-refractivity contribution in [1.82, 2.24) is 4.90 Å². The van der Waals surface area contributed by atoms with Gasteiger partial charge in [-0.2, -0.15) is 0 Å². The van der Waals surface area contributed by atoms with Crippen LogP contribution in [0.5, 0.6) is 0 Å². The van der Waals surface area contributed by atoms with Crippen LogP contribution < -0.4 is 0 Å². The summed E-state index contributed by atoms with van der Waals surface area (Å²) in [6.07, 6.45) is 3.62. The number of hydrogen-bond donors (Lipinski definition) is 1. The molecule has 0 radical (unpaired) electrons. The summed E-state index contributed by atoms with van der Waals surface area (Å²) in [5.41, 5.74) is 0. The molecule has 1 aliphatic heterocycles. The Morgan fingerprint density at radius 1 is 1.42 bits per heavy atom. The lowest BCUT2D eigenvalue weighted by molar-refractivity contribution is -0.140. The molecule has 3 heteroatoms. The molecule has 0 aromatic heterocycles. The van der Waals surface area contributed by atoms with Crippen molar-refractivity contribution < 1.29 is 9.90 Å². The van der Waals surface area contributed by atoms with Crippen LogP contribution in [0.1, 0.15) is 20.8 Å². The maximum Gasteiger partial charge on any atom is 0.324 e. The fourth-order valence-corrected chi connectivity index (χ4v) is 1.05. The second kappa shape index (κ2) is 4.93. The lowest BCUT2D eigenvalue weighted by Gasteiger charge is -2.19. The highest BCUT2D eigenvalue weighted by molar-refractivity contribution is 5.76. The molecule has 3 nitrogen and oxygen atoms in total. The van der Waals surface area contributed by atoms with Gasteiger partial charge < -0.3 is 5.11 Å². The summed E-state index contributed by atoms with van der Waals surface area (Å²) in [7, 11) is 1.81. The Bertz CT molecular complexity index is 177. The monoisotopic (exact) mass is 171 g/mol. The third-order valence-electron chi connectivity index (χ3n) is 1.91. The van der Waals surface area contributed by atoms with Crippen molar-refractivity contribution in [3.63, 3.8) is 0 Å². The molecule has 0 spiro atoms. The van der Waals surface area contributed by atoms with Crippen molar-refractivity contribution in [2.45, 2.75) is 32.9 Å². The zero-order valence-corrected chi connectivity index (χ0v) is 8.11. The molecular formula is C9H17NO2. The number of carboxylic acid groups (broad SMARTS) is 1. The molecule has 0 fully saturated rings. The predicted octanol–water partition coefficient (Wildman–Crippen LogP) is 1.36. The fourth-order valence-electron chi connectivity index (χ4n) is 1.05. The van der Waals surface area contributed by atoms with Crippen LogP contribution in [-0.2, 0) is 4.79 Å². The van der Waals surface area contributed by atoms with Gasteiger partial charge in [0.15, 0.2) is 0 Å². The Morgan fingerprint density at radius 2 is 1.92 bits per heavy atom. The average Bonchev–Trinajstić information content (AvgIpc) is 2.37. The number of carboxylic acids is 1. The molecule has 0 aromatic carbocycles. The first-order valence-corrected chi connectivity index (χ1v) is 4.26. The quantitative estimate of drug-likeness (QED) is 0.605. The van der Waals surface area contributed by atoms with E-state index in [0.29, 0.717) is 0 Å². The Kier molecular flexibility index (Phi) is 4.59. The van der Waals surface area contributed by atoms with Gasteiger partial charge in [0.25, 0.3) is 0 Å². The van der Waals surface area contributed by atoms with E-state index in [1.165, 1.54) is 0 Å². The molecule has 0 saturated carbocycles. The Hall–Kier alpha value is -0.830. The zero-order valence-electron chi connectivity index (χ0n) is 8.11. The van der Waals surface area contributed by atoms with Gasteiger partial charge in [-0.3, -0.25) is 9.69 Å². The summed E-state index contributed by atoms with van der Waals surface area (Å²) in [6.45, 7) is 5.97. The van der Waals surface area contributed by atoms with Crippen LogP contribution in [0.4, 0.5) is 0 Å². The molecule has 12 heavy (non-hydrogen) atoms. The topological polar surface area (TPSA) is 40.5 Å². The van der Waals surface area contributed by atoms with Crippen LogP contribution in [0, 0.1) is 0 Å². The van der Waals surface area contributed by atoms with E-state index in [9.17, 15) is 4.79 Å². The van der Waals surface area contributed by atoms with Gasteiger partial charge in [-0.1, -0.05) is 26.0 Å². The molecule has 0 saturated heterocycles. The van der Waals surface area contributed by atoms with Crippen LogP contribution in [0.2, 0.25) is 0 Å². The van der Waals surface area contributed by atoms with E-state index >= 15 is 0 Å². The van der Waals surface area contributed by atoms with Crippen molar-refractivity contribution in [1.29, 1.82) is 0 Å². The van der Waals surface area contributed by atoms with Crippen molar-refractivity contribution in [3.05, 3.63) is 12.2 Å². The summed E-state index contributed by atoms with van der Waals surface area (Å²) >= 11 is 0. The van der Waals surface area contributed by atoms with Crippen molar-refractivity contribution >= 4 is 5.97 Å². The molecule has 2 unspecified atom stereocenters. The normalized spacial score (nSPS) is 28.0. The highest BCUT2D eigenvalue weighted by Gasteiger charge is 2.26. The van der Waals surface area contributed by atoms with Crippen LogP contribution in [0.3, 0.4) is 0 Å². The molecule has 1 N–H and O–H groups in total. The summed E-state index contributed by atoms with van der Waals surface area (Å²) < 4.78 is 0. The van der Waals surface area contributed by atoms with Gasteiger partial charge >= 0.3 is 5.97 Å². The molecule has 0 aliphatic carbocycles. The van der Waals surface area contributed by atoms with Crippen LogP contribution >= 0.6 is 0 Å². The Morgan fingerprint density at radius 3 is 2.08 bits per heavy atom. The van der Waals surface area contributed by atoms with E-state index in [2.05, 4.69) is 0 Å². The van der Waals surface area contributed by atoms with Gasteiger partial charge in [0, 0.05) is 6.04 Å². The number of nitrogens with zero attached hydrogens (tertiary/aromatic N) is 1. The maximum absolute atomic E-state index is 10.5. The average molecular weight is 171 g/mol. The fraction of sp³-hybridized carbons (Fsp3) is 0.667. The van der Waals surface area contributed by atoms with Crippen molar-refractivity contribution in [3.8, 4) is 0 Å². The molecule has 0 amide bonds. The minimum absolute atomic E-state index is 0.251. The number of likely N-dealkylation sites (N-methyl/N-ethyl adjacent to an activating group) is 1. The molecule has 2 atom stereocenters. The predicted molar refractivity (Wildman–Crippen MR) is 49.1 cm³/mol. The first kappa shape index (κ1) is 11.2. The highest BCUT2D eigenvalue weighted by atomic mass is 16.4. The number of hydrogen-bond acceptors (Lipinski definition) is 2. The Labute approximate surface area is 73.7 Å². The SMILES string of the molecule is CC.CC1C=CC(C(=O)O)N1C. The van der Waals surface area contributed by atoms with Gasteiger partial charge in [-0.15, -0.1) is 0 Å².